The molecule has 1 N–H and O–H groups in total. The molecule has 4 heteroatoms. The van der Waals surface area contributed by atoms with Crippen LogP contribution in [0.5, 0.6) is 0 Å². The van der Waals surface area contributed by atoms with Crippen LogP contribution in [-0.2, 0) is 14.3 Å². The Kier molecular flexibility index (Phi) is 37.5. The van der Waals surface area contributed by atoms with E-state index in [2.05, 4.69) is 13.8 Å². The average molecular weight is 651 g/mol. The fourth-order valence-electron chi connectivity index (χ4n) is 6.71. The molecule has 0 radical (unpaired) electrons. The second-order valence-electron chi connectivity index (χ2n) is 14.5. The second kappa shape index (κ2) is 38.4. The molecule has 0 heterocycles. The molecule has 0 saturated carbocycles. The SMILES string of the molecule is CCCCCCCCCCCCCCCCCCCCCC(=O)OC(CC)CCCCCCCCCCCCCCCCC(=O)O. The van der Waals surface area contributed by atoms with E-state index in [4.69, 9.17) is 9.84 Å². The Labute approximate surface area is 288 Å². The van der Waals surface area contributed by atoms with E-state index >= 15 is 0 Å². The van der Waals surface area contributed by atoms with Gasteiger partial charge in [0.25, 0.3) is 0 Å². The molecule has 46 heavy (non-hydrogen) atoms. The molecule has 0 aromatic rings. The summed E-state index contributed by atoms with van der Waals surface area (Å²) in [5.74, 6) is -0.640. The van der Waals surface area contributed by atoms with Gasteiger partial charge in [0.05, 0.1) is 0 Å². The number of carbonyl (C=O) groups excluding carboxylic acids is 1. The van der Waals surface area contributed by atoms with Crippen molar-refractivity contribution in [2.45, 2.75) is 258 Å². The lowest BCUT2D eigenvalue weighted by molar-refractivity contribution is -0.149. The quantitative estimate of drug-likeness (QED) is 0.0531. The summed E-state index contributed by atoms with van der Waals surface area (Å²) in [4.78, 5) is 22.8. The number of hydrogen-bond donors (Lipinski definition) is 1. The summed E-state index contributed by atoms with van der Waals surface area (Å²) in [5, 5.41) is 8.66. The Bertz CT molecular complexity index is 619. The highest BCUT2D eigenvalue weighted by Gasteiger charge is 2.12. The van der Waals surface area contributed by atoms with Gasteiger partial charge in [-0.25, -0.2) is 0 Å². The molecule has 0 saturated heterocycles. The van der Waals surface area contributed by atoms with Crippen molar-refractivity contribution in [3.05, 3.63) is 0 Å². The molecule has 0 aliphatic rings. The molecule has 0 aromatic heterocycles. The Morgan fingerprint density at radius 1 is 0.413 bits per heavy atom. The molecule has 0 spiro atoms. The van der Waals surface area contributed by atoms with Gasteiger partial charge in [-0.2, -0.15) is 0 Å². The molecule has 0 aromatic carbocycles. The minimum absolute atomic E-state index is 0.0250. The summed E-state index contributed by atoms with van der Waals surface area (Å²) in [6, 6.07) is 0. The summed E-state index contributed by atoms with van der Waals surface area (Å²) in [7, 11) is 0. The zero-order valence-corrected chi connectivity index (χ0v) is 31.4. The highest BCUT2D eigenvalue weighted by atomic mass is 16.5. The summed E-state index contributed by atoms with van der Waals surface area (Å²) < 4.78 is 5.80. The van der Waals surface area contributed by atoms with E-state index in [1.165, 1.54) is 193 Å². The van der Waals surface area contributed by atoms with Crippen LogP contribution in [0.15, 0.2) is 0 Å². The monoisotopic (exact) mass is 651 g/mol. The van der Waals surface area contributed by atoms with Crippen molar-refractivity contribution in [2.24, 2.45) is 0 Å². The van der Waals surface area contributed by atoms with Crippen molar-refractivity contribution in [1.29, 1.82) is 0 Å². The minimum Gasteiger partial charge on any atom is -0.481 e. The van der Waals surface area contributed by atoms with Gasteiger partial charge in [0, 0.05) is 12.8 Å². The van der Waals surface area contributed by atoms with Gasteiger partial charge in [-0.15, -0.1) is 0 Å². The number of esters is 1. The predicted molar refractivity (Wildman–Crippen MR) is 200 cm³/mol. The highest BCUT2D eigenvalue weighted by molar-refractivity contribution is 5.69. The average Bonchev–Trinajstić information content (AvgIpc) is 3.04. The van der Waals surface area contributed by atoms with Gasteiger partial charge in [-0.05, 0) is 32.1 Å². The van der Waals surface area contributed by atoms with Crippen LogP contribution in [0.2, 0.25) is 0 Å². The Hall–Kier alpha value is -1.06. The first-order chi connectivity index (χ1) is 22.6. The standard InChI is InChI=1S/C42H82O4/c1-3-5-6-7-8-9-10-11-12-13-14-15-16-21-24-27-30-33-36-39-42(45)46-40(4-2)37-34-31-28-25-22-19-17-18-20-23-26-29-32-35-38-41(43)44/h40H,3-39H2,1-2H3,(H,43,44). The van der Waals surface area contributed by atoms with E-state index in [-0.39, 0.29) is 12.1 Å². The van der Waals surface area contributed by atoms with Crippen molar-refractivity contribution in [3.63, 3.8) is 0 Å². The first-order valence-electron chi connectivity index (χ1n) is 21.0. The number of hydrogen-bond acceptors (Lipinski definition) is 3. The lowest BCUT2D eigenvalue weighted by Crippen LogP contribution is -2.17. The van der Waals surface area contributed by atoms with E-state index in [1.54, 1.807) is 0 Å². The van der Waals surface area contributed by atoms with E-state index in [9.17, 15) is 9.59 Å². The maximum atomic E-state index is 12.3. The number of unbranched alkanes of at least 4 members (excludes halogenated alkanes) is 31. The van der Waals surface area contributed by atoms with Crippen molar-refractivity contribution in [2.75, 3.05) is 0 Å². The molecule has 1 atom stereocenters. The first kappa shape index (κ1) is 44.9. The van der Waals surface area contributed by atoms with Crippen LogP contribution >= 0.6 is 0 Å². The van der Waals surface area contributed by atoms with Crippen LogP contribution in [-0.4, -0.2) is 23.1 Å². The summed E-state index contributed by atoms with van der Waals surface area (Å²) in [5.41, 5.74) is 0. The van der Waals surface area contributed by atoms with E-state index in [1.807, 2.05) is 0 Å². The smallest absolute Gasteiger partial charge is 0.306 e. The maximum absolute atomic E-state index is 12.3. The number of carboxylic acids is 1. The third-order valence-corrected chi connectivity index (χ3v) is 9.90. The van der Waals surface area contributed by atoms with Crippen molar-refractivity contribution < 1.29 is 19.4 Å². The van der Waals surface area contributed by atoms with Gasteiger partial charge < -0.3 is 9.84 Å². The topological polar surface area (TPSA) is 63.6 Å². The fraction of sp³-hybridized carbons (Fsp3) is 0.952. The lowest BCUT2D eigenvalue weighted by Gasteiger charge is -2.16. The molecule has 0 amide bonds. The number of rotatable bonds is 39. The van der Waals surface area contributed by atoms with Crippen LogP contribution in [0.3, 0.4) is 0 Å². The normalized spacial score (nSPS) is 12.0. The first-order valence-corrected chi connectivity index (χ1v) is 21.0. The van der Waals surface area contributed by atoms with Crippen molar-refractivity contribution >= 4 is 11.9 Å². The number of carboxylic acid groups (broad SMARTS) is 1. The molecule has 0 rings (SSSR count). The highest BCUT2D eigenvalue weighted by Crippen LogP contribution is 2.18. The minimum atomic E-state index is -0.665. The second-order valence-corrected chi connectivity index (χ2v) is 14.5. The molecule has 0 fully saturated rings. The lowest BCUT2D eigenvalue weighted by atomic mass is 10.0. The maximum Gasteiger partial charge on any atom is 0.306 e. The van der Waals surface area contributed by atoms with E-state index in [0.29, 0.717) is 12.8 Å². The largest absolute Gasteiger partial charge is 0.481 e. The summed E-state index contributed by atoms with van der Waals surface area (Å²) >= 11 is 0. The zero-order valence-electron chi connectivity index (χ0n) is 31.4. The van der Waals surface area contributed by atoms with Crippen LogP contribution in [0, 0.1) is 0 Å². The Balaban J connectivity index is 3.36. The number of aliphatic carboxylic acids is 1. The van der Waals surface area contributed by atoms with Crippen LogP contribution in [0.25, 0.3) is 0 Å². The van der Waals surface area contributed by atoms with Gasteiger partial charge in [0.2, 0.25) is 0 Å². The van der Waals surface area contributed by atoms with Crippen LogP contribution < -0.4 is 0 Å². The third kappa shape index (κ3) is 37.4. The van der Waals surface area contributed by atoms with Crippen LogP contribution in [0.4, 0.5) is 0 Å². The molecule has 0 aliphatic heterocycles. The molecular weight excluding hydrogens is 568 g/mol. The van der Waals surface area contributed by atoms with Gasteiger partial charge in [-0.3, -0.25) is 9.59 Å². The fourth-order valence-corrected chi connectivity index (χ4v) is 6.71. The van der Waals surface area contributed by atoms with Gasteiger partial charge in [0.15, 0.2) is 0 Å². The molecule has 1 unspecified atom stereocenters. The number of ether oxygens (including phenoxy) is 1. The molecule has 0 bridgehead atoms. The Morgan fingerprint density at radius 3 is 1.00 bits per heavy atom. The molecular formula is C42H82O4. The van der Waals surface area contributed by atoms with E-state index in [0.717, 1.165) is 32.1 Å². The van der Waals surface area contributed by atoms with Crippen molar-refractivity contribution in [3.8, 4) is 0 Å². The summed E-state index contributed by atoms with van der Waals surface area (Å²) in [6.07, 6.45) is 46.6. The summed E-state index contributed by atoms with van der Waals surface area (Å²) in [6.45, 7) is 4.44. The Morgan fingerprint density at radius 2 is 0.696 bits per heavy atom. The predicted octanol–water partition coefficient (Wildman–Crippen LogP) is 14.5. The molecule has 0 aliphatic carbocycles. The number of carbonyl (C=O) groups is 2. The molecule has 4 nitrogen and oxygen atoms in total. The molecule has 274 valence electrons. The third-order valence-electron chi connectivity index (χ3n) is 9.90. The van der Waals surface area contributed by atoms with E-state index < -0.39 is 5.97 Å². The zero-order chi connectivity index (χ0) is 33.6. The van der Waals surface area contributed by atoms with Gasteiger partial charge >= 0.3 is 11.9 Å². The van der Waals surface area contributed by atoms with Gasteiger partial charge in [-0.1, -0.05) is 206 Å². The van der Waals surface area contributed by atoms with Crippen molar-refractivity contribution in [1.82, 2.24) is 0 Å². The van der Waals surface area contributed by atoms with Crippen LogP contribution in [0.1, 0.15) is 251 Å². The van der Waals surface area contributed by atoms with Gasteiger partial charge in [0.1, 0.15) is 6.10 Å².